The number of ether oxygens (including phenoxy) is 2. The predicted octanol–water partition coefficient (Wildman–Crippen LogP) is 29.2. The maximum absolute atomic E-state index is 12.1. The maximum Gasteiger partial charge on any atom is 0.411 e. The molecular weight excluding hydrogens is 2130 g/mol. The van der Waals surface area contributed by atoms with E-state index >= 15 is 0 Å². The van der Waals surface area contributed by atoms with Crippen LogP contribution in [0.1, 0.15) is 109 Å². The molecule has 148 heavy (non-hydrogen) atoms. The number of aryl methyl sites for hydroxylation is 1. The Morgan fingerprint density at radius 3 is 1.09 bits per heavy atom. The van der Waals surface area contributed by atoms with Crippen LogP contribution in [0, 0.1) is 12.8 Å². The van der Waals surface area contributed by atoms with Crippen molar-refractivity contribution in [2.45, 2.75) is 71.8 Å². The summed E-state index contributed by atoms with van der Waals surface area (Å²) in [5.41, 5.74) is 48.7. The highest BCUT2D eigenvalue weighted by molar-refractivity contribution is 6.44. The number of H-pyrrole nitrogens is 6. The molecule has 17 N–H and O–H groups in total. The fraction of sp³-hybridized carbons (Fsp3) is 0.127. The molecule has 4 unspecified atom stereocenters. The molecule has 14 aromatic carbocycles. The molecule has 20 rings (SSSR count). The Bertz CT molecular complexity index is 8320. The number of hydrogen-bond donors (Lipinski definition) is 12. The number of imidazole rings is 6. The van der Waals surface area contributed by atoms with Gasteiger partial charge in [-0.05, 0) is 235 Å². The van der Waals surface area contributed by atoms with E-state index in [-0.39, 0.29) is 29.6 Å². The highest BCUT2D eigenvalue weighted by atomic mass is 35.5. The summed E-state index contributed by atoms with van der Waals surface area (Å²) < 4.78 is 10.3. The lowest BCUT2D eigenvalue weighted by Gasteiger charge is -2.17. The number of fused-ring (bicyclic) bond motifs is 6. The number of nitrogens with zero attached hydrogens (tertiary/aromatic N) is 6. The van der Waals surface area contributed by atoms with E-state index < -0.39 is 35.8 Å². The Hall–Kier alpha value is -14.0. The third-order valence-electron chi connectivity index (χ3n) is 23.7. The number of benzene rings is 14. The van der Waals surface area contributed by atoms with E-state index in [1.54, 1.807) is 146 Å². The van der Waals surface area contributed by atoms with Gasteiger partial charge in [-0.3, -0.25) is 29.3 Å². The van der Waals surface area contributed by atoms with Crippen molar-refractivity contribution < 1.29 is 38.2 Å². The van der Waals surface area contributed by atoms with Crippen molar-refractivity contribution in [2.24, 2.45) is 34.6 Å². The van der Waals surface area contributed by atoms with Crippen molar-refractivity contribution in [2.75, 3.05) is 18.5 Å². The normalized spacial score (nSPS) is 11.9. The zero-order chi connectivity index (χ0) is 106. The van der Waals surface area contributed by atoms with E-state index in [0.717, 1.165) is 111 Å². The molecule has 6 aromatic heterocycles. The first-order valence-corrected chi connectivity index (χ1v) is 50.3. The van der Waals surface area contributed by atoms with Gasteiger partial charge < -0.3 is 68.0 Å². The summed E-state index contributed by atoms with van der Waals surface area (Å²) in [6.45, 7) is 12.1. The van der Waals surface area contributed by atoms with Crippen LogP contribution >= 0.6 is 139 Å². The minimum absolute atomic E-state index is 0.111. The molecule has 20 aromatic rings. The summed E-state index contributed by atoms with van der Waals surface area (Å²) in [6.07, 6.45) is -0.641. The molecule has 26 nitrogen and oxygen atoms in total. The summed E-state index contributed by atoms with van der Waals surface area (Å²) in [6, 6.07) is 80.3. The van der Waals surface area contributed by atoms with E-state index in [1.807, 2.05) is 162 Å². The van der Waals surface area contributed by atoms with Gasteiger partial charge in [-0.25, -0.2) is 34.7 Å². The molecule has 0 aliphatic heterocycles. The Labute approximate surface area is 907 Å². The van der Waals surface area contributed by atoms with Crippen LogP contribution in [-0.2, 0) is 28.7 Å². The zero-order valence-electron chi connectivity index (χ0n) is 79.3. The van der Waals surface area contributed by atoms with E-state index in [4.69, 9.17) is 177 Å². The fourth-order valence-electron chi connectivity index (χ4n) is 16.8. The number of aromatic amines is 6. The molecule has 0 radical (unpaired) electrons. The Morgan fingerprint density at radius 1 is 0.331 bits per heavy atom. The number of anilines is 1. The number of amides is 6. The van der Waals surface area contributed by atoms with Crippen molar-refractivity contribution in [3.8, 4) is 79.5 Å². The van der Waals surface area contributed by atoms with Crippen LogP contribution < -0.4 is 34.0 Å². The Morgan fingerprint density at radius 2 is 0.689 bits per heavy atom. The smallest absolute Gasteiger partial charge is 0.411 e. The van der Waals surface area contributed by atoms with Crippen LogP contribution in [0.4, 0.5) is 10.5 Å². The summed E-state index contributed by atoms with van der Waals surface area (Å²) in [4.78, 5) is 117. The average Bonchev–Trinajstić information content (AvgIpc) is 1.64. The first kappa shape index (κ1) is 108. The SMILES string of the molecule is CC(C)C(C(N)=O)c1ccc2nc(-c3c(Cl)cccc3Cl)[nH]c2c1.CCC(C(N)=O)c1ccc2nc(-c3c(Cl)cccc3Cl)[nH]c2c1.CCOC(=O)Nc1ccc2nc(-c3cccc(Cl)c3Cl)[nH]c2c1.CCOC(C(N)=O)c1ccc2nc(-c3c(Cl)cccc3Cl)[nH]c2c1.Cc1cccc(C(N)=O)c1-c1ccc2nc(-c3c(Cl)cccc3Cl)[nH]c2c1.NC(=O)C(c1ccccc1)c1ccc2nc(-c3c(Cl)cccc3Cl)[nH]c2c1. The molecule has 0 spiro atoms. The van der Waals surface area contributed by atoms with Gasteiger partial charge in [0.15, 0.2) is 6.10 Å². The standard InChI is InChI=1S/2C21H15Cl2N3O.C18H17Cl2N3O.C17H15Cl2N3O2.C17H15Cl2N3O.C16H13Cl2N3O2/c1-11-4-2-5-13(20(24)27)18(11)12-8-9-16-17(10-12)26-21(25-16)19-14(22)6-3-7-15(19)23;22-14-7-4-8-15(23)19(14)21-25-16-10-9-13(11-17(16)26-21)18(20(24)27)12-5-2-1-3-6-12;1-9(2)15(17(21)24)10-6-7-13-14(8-10)23-18(22-13)16-11(19)4-3-5-12(16)20;1-2-24-15(16(20)23)9-6-7-12-13(8-9)22-17(21-12)14-10(18)4-3-5-11(14)19;1-2-10(16(20)23)9-6-7-13-14(8-9)22-17(21-13)15-11(18)4-3-5-12(15)19;1-2-23-16(22)19-9-6-7-12-13(8-9)21-15(20-12)10-4-3-5-11(17)14(10)18/h2-10H,1H3,(H2,24,27)(H,25,26);1-11,18H,(H2,24,27)(H,25,26);3-9,15H,1-2H3,(H2,21,24)(H,22,23);3-8,15H,2H2,1H3,(H2,20,23)(H,21,22);3-8,10H,2H2,1H3,(H2,20,23)(H,21,22);3-8H,2H2,1H3,(H,19,22)(H,20,21). The van der Waals surface area contributed by atoms with Gasteiger partial charge >= 0.3 is 6.09 Å². The number of nitrogens with two attached hydrogens (primary N) is 5. The molecule has 0 fully saturated rings. The molecule has 38 heteroatoms. The number of hydrogen-bond acceptors (Lipinski definition) is 14. The highest BCUT2D eigenvalue weighted by Crippen LogP contribution is 2.44. The maximum atomic E-state index is 12.1. The second kappa shape index (κ2) is 48.3. The lowest BCUT2D eigenvalue weighted by molar-refractivity contribution is -0.129. The van der Waals surface area contributed by atoms with Gasteiger partial charge in [-0.2, -0.15) is 0 Å². The van der Waals surface area contributed by atoms with Crippen LogP contribution in [0.3, 0.4) is 0 Å². The summed E-state index contributed by atoms with van der Waals surface area (Å²) in [7, 11) is 0. The van der Waals surface area contributed by atoms with E-state index in [0.29, 0.717) is 159 Å². The topological polar surface area (TPSA) is 435 Å². The van der Waals surface area contributed by atoms with Crippen LogP contribution in [0.25, 0.3) is 146 Å². The van der Waals surface area contributed by atoms with Gasteiger partial charge in [0.2, 0.25) is 23.6 Å². The minimum atomic E-state index is -0.796. The molecule has 6 heterocycles. The van der Waals surface area contributed by atoms with Crippen LogP contribution in [0.5, 0.6) is 0 Å². The number of rotatable bonds is 23. The highest BCUT2D eigenvalue weighted by Gasteiger charge is 2.28. The molecule has 0 bridgehead atoms. The molecule has 0 saturated carbocycles. The van der Waals surface area contributed by atoms with Crippen molar-refractivity contribution in [1.82, 2.24) is 59.8 Å². The van der Waals surface area contributed by atoms with Gasteiger partial charge in [0.05, 0.1) is 179 Å². The van der Waals surface area contributed by atoms with Crippen molar-refractivity contribution >= 4 is 247 Å². The van der Waals surface area contributed by atoms with Gasteiger partial charge in [0.25, 0.3) is 5.91 Å². The van der Waals surface area contributed by atoms with Crippen molar-refractivity contribution in [3.05, 3.63) is 366 Å². The lowest BCUT2D eigenvalue weighted by atomic mass is 9.88. The zero-order valence-corrected chi connectivity index (χ0v) is 88.4. The quantitative estimate of drug-likeness (QED) is 0.0283. The van der Waals surface area contributed by atoms with Gasteiger partial charge in [-0.15, -0.1) is 0 Å². The molecule has 0 aliphatic carbocycles. The molecular formula is C110H90Cl12N18O8. The van der Waals surface area contributed by atoms with Crippen molar-refractivity contribution in [3.63, 3.8) is 0 Å². The number of aromatic nitrogens is 12. The van der Waals surface area contributed by atoms with E-state index in [2.05, 4.69) is 65.1 Å². The third-order valence-corrected chi connectivity index (χ3v) is 27.6. The van der Waals surface area contributed by atoms with Crippen LogP contribution in [0.2, 0.25) is 60.3 Å². The lowest BCUT2D eigenvalue weighted by Crippen LogP contribution is -2.25. The molecule has 6 amide bonds. The first-order chi connectivity index (χ1) is 71.0. The van der Waals surface area contributed by atoms with E-state index in [9.17, 15) is 28.8 Å². The predicted molar refractivity (Wildman–Crippen MR) is 599 cm³/mol. The second-order valence-electron chi connectivity index (χ2n) is 33.8. The minimum Gasteiger partial charge on any atom is -0.450 e. The summed E-state index contributed by atoms with van der Waals surface area (Å²) >= 11 is 74.9. The third kappa shape index (κ3) is 24.8. The van der Waals surface area contributed by atoms with Gasteiger partial charge in [-0.1, -0.05) is 269 Å². The Balaban J connectivity index is 0.000000133. The van der Waals surface area contributed by atoms with E-state index in [1.165, 1.54) is 0 Å². The molecule has 0 aliphatic rings. The Kier molecular flexibility index (Phi) is 35.3. The molecule has 752 valence electrons. The number of carbonyl (C=O) groups is 6. The average molecular weight is 2220 g/mol. The van der Waals surface area contributed by atoms with Gasteiger partial charge in [0.1, 0.15) is 34.9 Å². The number of carbonyl (C=O) groups excluding carboxylic acids is 6. The summed E-state index contributed by atoms with van der Waals surface area (Å²) in [5, 5.41) is 8.76. The van der Waals surface area contributed by atoms with Crippen LogP contribution in [-0.4, -0.2) is 109 Å². The number of halogens is 12. The van der Waals surface area contributed by atoms with Gasteiger partial charge in [0, 0.05) is 23.4 Å². The monoisotopic (exact) mass is 2210 g/mol. The first-order valence-electron chi connectivity index (χ1n) is 45.8. The molecule has 0 saturated heterocycles. The number of nitrogens with one attached hydrogen (secondary N) is 7. The van der Waals surface area contributed by atoms with Crippen LogP contribution in [0.15, 0.2) is 267 Å². The largest absolute Gasteiger partial charge is 0.450 e. The second-order valence-corrected chi connectivity index (χ2v) is 38.7. The molecule has 4 atom stereocenters. The summed E-state index contributed by atoms with van der Waals surface area (Å²) in [5.74, 6) is 0.390. The fourth-order valence-corrected chi connectivity index (χ4v) is 20.1. The number of primary amides is 5. The van der Waals surface area contributed by atoms with Crippen molar-refractivity contribution in [1.29, 1.82) is 0 Å².